The second kappa shape index (κ2) is 9.18. The lowest BCUT2D eigenvalue weighted by Crippen LogP contribution is -2.65. The van der Waals surface area contributed by atoms with E-state index in [0.29, 0.717) is 38.0 Å². The highest BCUT2D eigenvalue weighted by molar-refractivity contribution is 5.98. The number of fused-ring (bicyclic) bond motifs is 6. The summed E-state index contributed by atoms with van der Waals surface area (Å²) >= 11 is 0. The molecule has 2 N–H and O–H groups in total. The van der Waals surface area contributed by atoms with Crippen LogP contribution in [0.15, 0.2) is 48.5 Å². The second-order valence-corrected chi connectivity index (χ2v) is 12.1. The molecule has 0 aliphatic carbocycles. The van der Waals surface area contributed by atoms with Gasteiger partial charge in [0.1, 0.15) is 38.4 Å². The number of piperidine rings is 6. The lowest BCUT2D eigenvalue weighted by molar-refractivity contribution is -0.938. The number of carbonyl (C=O) groups excluding carboxylic acids is 2. The molecule has 2 unspecified atom stereocenters. The summed E-state index contributed by atoms with van der Waals surface area (Å²) in [6.07, 6.45) is 3.56. The minimum atomic E-state index is -0.264. The molecule has 0 aromatic heterocycles. The van der Waals surface area contributed by atoms with Crippen LogP contribution in [0.1, 0.15) is 46.4 Å². The highest BCUT2D eigenvalue weighted by Gasteiger charge is 2.47. The van der Waals surface area contributed by atoms with Crippen LogP contribution in [-0.4, -0.2) is 95.3 Å². The largest absolute Gasteiger partial charge is 0.387 e. The Bertz CT molecular complexity index is 1040. The maximum atomic E-state index is 13.1. The summed E-state index contributed by atoms with van der Waals surface area (Å²) in [6, 6.07) is 15.6. The van der Waals surface area contributed by atoms with E-state index in [-0.39, 0.29) is 23.8 Å². The van der Waals surface area contributed by atoms with Gasteiger partial charge < -0.3 is 19.2 Å². The number of Topliss-reactive ketones (excluding diaryl/α,β-unsaturated/α-hetero) is 2. The number of benzene rings is 2. The van der Waals surface area contributed by atoms with Gasteiger partial charge in [-0.25, -0.2) is 0 Å². The van der Waals surface area contributed by atoms with E-state index in [1.807, 2.05) is 48.5 Å². The fourth-order valence-corrected chi connectivity index (χ4v) is 7.43. The Morgan fingerprint density at radius 1 is 0.611 bits per heavy atom. The van der Waals surface area contributed by atoms with Gasteiger partial charge in [0.15, 0.2) is 0 Å². The molecule has 6 saturated heterocycles. The van der Waals surface area contributed by atoms with Crippen LogP contribution < -0.4 is 0 Å². The van der Waals surface area contributed by atoms with Crippen LogP contribution in [-0.2, 0) is 0 Å². The Kier molecular flexibility index (Phi) is 6.11. The van der Waals surface area contributed by atoms with E-state index in [1.54, 1.807) is 0 Å². The van der Waals surface area contributed by atoms with Crippen LogP contribution in [0.4, 0.5) is 0 Å². The average molecular weight is 491 g/mol. The van der Waals surface area contributed by atoms with Crippen molar-refractivity contribution in [3.63, 3.8) is 0 Å². The van der Waals surface area contributed by atoms with Crippen molar-refractivity contribution >= 4 is 11.6 Å². The van der Waals surface area contributed by atoms with Crippen molar-refractivity contribution in [3.05, 3.63) is 59.7 Å². The molecule has 6 fully saturated rings. The van der Waals surface area contributed by atoms with Crippen molar-refractivity contribution < 1.29 is 28.8 Å². The zero-order valence-electron chi connectivity index (χ0n) is 21.0. The van der Waals surface area contributed by atoms with Crippen LogP contribution >= 0.6 is 0 Å². The minimum Gasteiger partial charge on any atom is -0.387 e. The van der Waals surface area contributed by atoms with Gasteiger partial charge in [0, 0.05) is 48.6 Å². The summed E-state index contributed by atoms with van der Waals surface area (Å²) in [7, 11) is 0. The lowest BCUT2D eigenvalue weighted by Gasteiger charge is -2.50. The van der Waals surface area contributed by atoms with E-state index in [0.717, 1.165) is 83.1 Å². The van der Waals surface area contributed by atoms with E-state index in [1.165, 1.54) is 0 Å². The number of ketones is 2. The second-order valence-electron chi connectivity index (χ2n) is 12.1. The maximum Gasteiger partial charge on any atom is 0.216 e. The molecule has 4 bridgehead atoms. The molecular weight excluding hydrogens is 452 g/mol. The zero-order chi connectivity index (χ0) is 24.9. The van der Waals surface area contributed by atoms with Gasteiger partial charge in [-0.05, 0) is 11.1 Å². The third-order valence-electron chi connectivity index (χ3n) is 9.84. The molecule has 6 aliphatic rings. The van der Waals surface area contributed by atoms with Crippen LogP contribution in [0.3, 0.4) is 0 Å². The zero-order valence-corrected chi connectivity index (χ0v) is 21.0. The van der Waals surface area contributed by atoms with Crippen molar-refractivity contribution in [2.24, 2.45) is 11.8 Å². The Morgan fingerprint density at radius 3 is 1.25 bits per heavy atom. The quantitative estimate of drug-likeness (QED) is 0.462. The predicted molar refractivity (Wildman–Crippen MR) is 137 cm³/mol. The first kappa shape index (κ1) is 24.0. The number of nitrogens with zero attached hydrogens (tertiary/aromatic N) is 2. The fourth-order valence-electron chi connectivity index (χ4n) is 7.43. The van der Waals surface area contributed by atoms with Gasteiger partial charge in [-0.15, -0.1) is 0 Å². The third-order valence-corrected chi connectivity index (χ3v) is 9.84. The molecule has 2 atom stereocenters. The summed E-state index contributed by atoms with van der Waals surface area (Å²) in [5, 5.41) is 20.6. The molecule has 2 aromatic rings. The van der Waals surface area contributed by atoms with E-state index >= 15 is 0 Å². The van der Waals surface area contributed by atoms with Crippen molar-refractivity contribution in [2.75, 3.05) is 52.4 Å². The Morgan fingerprint density at radius 2 is 0.944 bits per heavy atom. The van der Waals surface area contributed by atoms with Crippen LogP contribution in [0.5, 0.6) is 0 Å². The topological polar surface area (TPSA) is 74.6 Å². The van der Waals surface area contributed by atoms with Gasteiger partial charge in [-0.2, -0.15) is 0 Å². The Balaban J connectivity index is 1.09. The fraction of sp³-hybridized carbons (Fsp3) is 0.533. The number of hydrogen-bond acceptors (Lipinski definition) is 4. The smallest absolute Gasteiger partial charge is 0.216 e. The first-order chi connectivity index (χ1) is 17.3. The first-order valence-electron chi connectivity index (χ1n) is 13.7. The summed E-state index contributed by atoms with van der Waals surface area (Å²) in [6.45, 7) is 6.35. The number of quaternary nitrogens is 2. The van der Waals surface area contributed by atoms with Crippen LogP contribution in [0.2, 0.25) is 0 Å². The van der Waals surface area contributed by atoms with E-state index < -0.39 is 0 Å². The molecule has 0 amide bonds. The number of aliphatic hydroxyl groups excluding tert-OH is 2. The van der Waals surface area contributed by atoms with Gasteiger partial charge >= 0.3 is 0 Å². The van der Waals surface area contributed by atoms with Gasteiger partial charge in [-0.1, -0.05) is 48.5 Å². The predicted octanol–water partition coefficient (Wildman–Crippen LogP) is 2.92. The number of carbonyl (C=O) groups is 2. The molecule has 8 rings (SSSR count). The Labute approximate surface area is 213 Å². The van der Waals surface area contributed by atoms with Crippen molar-refractivity contribution in [3.8, 4) is 11.1 Å². The van der Waals surface area contributed by atoms with E-state index in [4.69, 9.17) is 0 Å². The van der Waals surface area contributed by atoms with Crippen molar-refractivity contribution in [2.45, 2.75) is 37.9 Å². The molecule has 6 heterocycles. The van der Waals surface area contributed by atoms with Gasteiger partial charge in [0.05, 0.1) is 26.2 Å². The van der Waals surface area contributed by atoms with Crippen molar-refractivity contribution in [1.29, 1.82) is 0 Å². The van der Waals surface area contributed by atoms with Gasteiger partial charge in [-0.3, -0.25) is 9.59 Å². The van der Waals surface area contributed by atoms with Gasteiger partial charge in [0.25, 0.3) is 0 Å². The van der Waals surface area contributed by atoms with Gasteiger partial charge in [0.2, 0.25) is 11.6 Å². The number of aliphatic hydroxyl groups is 2. The summed E-state index contributed by atoms with van der Waals surface area (Å²) in [4.78, 5) is 26.1. The summed E-state index contributed by atoms with van der Waals surface area (Å²) in [5.74, 6) is 1.15. The Hall–Kier alpha value is -2.38. The summed E-state index contributed by atoms with van der Waals surface area (Å²) in [5.41, 5.74) is 3.49. The molecule has 0 radical (unpaired) electrons. The molecule has 6 aliphatic heterocycles. The highest BCUT2D eigenvalue weighted by Crippen LogP contribution is 2.35. The van der Waals surface area contributed by atoms with E-state index in [2.05, 4.69) is 0 Å². The lowest BCUT2D eigenvalue weighted by atomic mass is 9.83. The molecule has 190 valence electrons. The SMILES string of the molecule is O=C(C[N+]12CCC(CC1)C(O)C2)c1ccc(-c2ccc(C(=O)C[N+]34CCC(CC3)C(O)C4)cc2)cc1. The normalized spacial score (nSPS) is 35.1. The monoisotopic (exact) mass is 490 g/mol. The first-order valence-corrected chi connectivity index (χ1v) is 13.7. The third kappa shape index (κ3) is 4.45. The molecule has 6 heteroatoms. The molecule has 0 saturated carbocycles. The molecule has 36 heavy (non-hydrogen) atoms. The maximum absolute atomic E-state index is 13.1. The highest BCUT2D eigenvalue weighted by atomic mass is 16.3. The van der Waals surface area contributed by atoms with E-state index in [9.17, 15) is 19.8 Å². The standard InChI is InChI=1S/C30H38N2O4/c33-27(17-31-13-9-25(10-14-31)29(35)19-31)23-5-1-21(2-6-23)22-3-7-24(8-4-22)28(34)18-32-15-11-26(12-16-32)30(36)20-32/h1-8,25-26,29-30,35-36H,9-20H2/q+2. The summed E-state index contributed by atoms with van der Waals surface area (Å²) < 4.78 is 1.46. The molecular formula is C30H38N2O4+2. The molecule has 2 aromatic carbocycles. The number of hydrogen-bond donors (Lipinski definition) is 2. The minimum absolute atomic E-state index is 0.148. The van der Waals surface area contributed by atoms with Crippen LogP contribution in [0.25, 0.3) is 11.1 Å². The van der Waals surface area contributed by atoms with Crippen molar-refractivity contribution in [1.82, 2.24) is 0 Å². The number of rotatable bonds is 7. The average Bonchev–Trinajstić information content (AvgIpc) is 2.89. The van der Waals surface area contributed by atoms with Crippen LogP contribution in [0, 0.1) is 11.8 Å². The molecule has 0 spiro atoms. The molecule has 6 nitrogen and oxygen atoms in total.